The Hall–Kier alpha value is -2.59. The van der Waals surface area contributed by atoms with Crippen molar-refractivity contribution in [3.8, 4) is 11.3 Å². The molecular formula is C22H23ClN2O2. The van der Waals surface area contributed by atoms with Gasteiger partial charge in [0.05, 0.1) is 6.54 Å². The monoisotopic (exact) mass is 382 g/mol. The maximum atomic E-state index is 12.8. The normalized spacial score (nSPS) is 10.8. The van der Waals surface area contributed by atoms with Crippen molar-refractivity contribution >= 4 is 17.5 Å². The van der Waals surface area contributed by atoms with Crippen LogP contribution in [-0.2, 0) is 6.54 Å². The molecular weight excluding hydrogens is 360 g/mol. The zero-order valence-corrected chi connectivity index (χ0v) is 16.6. The van der Waals surface area contributed by atoms with Crippen molar-refractivity contribution in [1.29, 1.82) is 0 Å². The smallest absolute Gasteiger partial charge is 0.254 e. The minimum Gasteiger partial charge on any atom is -0.356 e. The highest BCUT2D eigenvalue weighted by atomic mass is 35.5. The van der Waals surface area contributed by atoms with E-state index in [1.165, 1.54) is 5.56 Å². The number of hydrogen-bond donors (Lipinski definition) is 0. The van der Waals surface area contributed by atoms with E-state index < -0.39 is 0 Å². The van der Waals surface area contributed by atoms with E-state index in [2.05, 4.69) is 31.1 Å². The standard InChI is InChI=1S/C22H23ClN2O2/c1-4-11-25(22(26)17-6-8-18(23)9-7-17)14-19-13-21(27-24-19)20-10-5-15(2)12-16(20)3/h5-10,12-13H,4,11,14H2,1-3H3. The van der Waals surface area contributed by atoms with Crippen LogP contribution in [0.15, 0.2) is 53.1 Å². The van der Waals surface area contributed by atoms with Gasteiger partial charge >= 0.3 is 0 Å². The molecule has 0 bridgehead atoms. The van der Waals surface area contributed by atoms with Gasteiger partial charge in [-0.2, -0.15) is 0 Å². The first-order valence-corrected chi connectivity index (χ1v) is 9.43. The van der Waals surface area contributed by atoms with E-state index >= 15 is 0 Å². The Morgan fingerprint density at radius 2 is 1.85 bits per heavy atom. The van der Waals surface area contributed by atoms with Gasteiger partial charge in [0.15, 0.2) is 5.76 Å². The van der Waals surface area contributed by atoms with Crippen LogP contribution >= 0.6 is 11.6 Å². The van der Waals surface area contributed by atoms with Gasteiger partial charge in [-0.3, -0.25) is 4.79 Å². The molecule has 0 N–H and O–H groups in total. The Kier molecular flexibility index (Phi) is 5.97. The molecule has 0 saturated carbocycles. The summed E-state index contributed by atoms with van der Waals surface area (Å²) in [5.41, 5.74) is 4.72. The molecule has 4 nitrogen and oxygen atoms in total. The SMILES string of the molecule is CCCN(Cc1cc(-c2ccc(C)cc2C)on1)C(=O)c1ccc(Cl)cc1. The molecule has 2 aromatic carbocycles. The Morgan fingerprint density at radius 1 is 1.11 bits per heavy atom. The predicted molar refractivity (Wildman–Crippen MR) is 108 cm³/mol. The fourth-order valence-electron chi connectivity index (χ4n) is 3.10. The second-order valence-corrected chi connectivity index (χ2v) is 7.17. The van der Waals surface area contributed by atoms with Crippen LogP contribution in [0.1, 0.15) is 40.5 Å². The highest BCUT2D eigenvalue weighted by Gasteiger charge is 2.18. The Balaban J connectivity index is 1.80. The van der Waals surface area contributed by atoms with E-state index in [9.17, 15) is 4.79 Å². The fourth-order valence-corrected chi connectivity index (χ4v) is 3.22. The van der Waals surface area contributed by atoms with E-state index in [-0.39, 0.29) is 5.91 Å². The lowest BCUT2D eigenvalue weighted by atomic mass is 10.0. The quantitative estimate of drug-likeness (QED) is 0.552. The van der Waals surface area contributed by atoms with Crippen LogP contribution < -0.4 is 0 Å². The van der Waals surface area contributed by atoms with Gasteiger partial charge in [0, 0.05) is 28.8 Å². The van der Waals surface area contributed by atoms with Gasteiger partial charge in [-0.05, 0) is 50.1 Å². The largest absolute Gasteiger partial charge is 0.356 e. The summed E-state index contributed by atoms with van der Waals surface area (Å²) in [5, 5.41) is 4.79. The summed E-state index contributed by atoms with van der Waals surface area (Å²) >= 11 is 5.92. The summed E-state index contributed by atoms with van der Waals surface area (Å²) in [7, 11) is 0. The van der Waals surface area contributed by atoms with Gasteiger partial charge in [-0.15, -0.1) is 0 Å². The molecule has 27 heavy (non-hydrogen) atoms. The number of aromatic nitrogens is 1. The third-order valence-electron chi connectivity index (χ3n) is 4.43. The number of rotatable bonds is 6. The molecule has 0 saturated heterocycles. The van der Waals surface area contributed by atoms with Crippen molar-refractivity contribution in [2.24, 2.45) is 0 Å². The maximum absolute atomic E-state index is 12.8. The van der Waals surface area contributed by atoms with Crippen LogP contribution in [0.5, 0.6) is 0 Å². The van der Waals surface area contributed by atoms with Gasteiger partial charge in [-0.25, -0.2) is 0 Å². The van der Waals surface area contributed by atoms with Crippen molar-refractivity contribution in [1.82, 2.24) is 10.1 Å². The lowest BCUT2D eigenvalue weighted by molar-refractivity contribution is 0.0739. The van der Waals surface area contributed by atoms with Gasteiger partial charge in [-0.1, -0.05) is 47.4 Å². The average molecular weight is 383 g/mol. The number of hydrogen-bond acceptors (Lipinski definition) is 3. The Bertz CT molecular complexity index is 932. The van der Waals surface area contributed by atoms with Gasteiger partial charge < -0.3 is 9.42 Å². The molecule has 1 heterocycles. The summed E-state index contributed by atoms with van der Waals surface area (Å²) in [6, 6.07) is 15.1. The van der Waals surface area contributed by atoms with E-state index in [1.54, 1.807) is 29.2 Å². The third kappa shape index (κ3) is 4.58. The molecule has 0 unspecified atom stereocenters. The molecule has 0 aliphatic rings. The average Bonchev–Trinajstić information content (AvgIpc) is 3.09. The van der Waals surface area contributed by atoms with Crippen molar-refractivity contribution in [2.45, 2.75) is 33.7 Å². The lowest BCUT2D eigenvalue weighted by Gasteiger charge is -2.21. The highest BCUT2D eigenvalue weighted by Crippen LogP contribution is 2.25. The van der Waals surface area contributed by atoms with Crippen molar-refractivity contribution < 1.29 is 9.32 Å². The molecule has 0 radical (unpaired) electrons. The summed E-state index contributed by atoms with van der Waals surface area (Å²) in [6.45, 7) is 7.22. The van der Waals surface area contributed by atoms with E-state index in [4.69, 9.17) is 16.1 Å². The number of amides is 1. The van der Waals surface area contributed by atoms with Crippen molar-refractivity contribution in [3.63, 3.8) is 0 Å². The first-order valence-electron chi connectivity index (χ1n) is 9.06. The molecule has 3 aromatic rings. The van der Waals surface area contributed by atoms with Crippen LogP contribution in [-0.4, -0.2) is 22.5 Å². The molecule has 5 heteroatoms. The number of nitrogens with zero attached hydrogens (tertiary/aromatic N) is 2. The molecule has 1 aromatic heterocycles. The summed E-state index contributed by atoms with van der Waals surface area (Å²) in [6.07, 6.45) is 0.862. The second kappa shape index (κ2) is 8.40. The molecule has 1 amide bonds. The zero-order chi connectivity index (χ0) is 19.4. The number of aryl methyl sites for hydroxylation is 2. The van der Waals surface area contributed by atoms with Crippen molar-refractivity contribution in [3.05, 3.63) is 75.9 Å². The van der Waals surface area contributed by atoms with E-state index in [1.807, 2.05) is 19.1 Å². The van der Waals surface area contributed by atoms with E-state index in [0.29, 0.717) is 23.7 Å². The third-order valence-corrected chi connectivity index (χ3v) is 4.68. The van der Waals surface area contributed by atoms with Crippen LogP contribution in [0.25, 0.3) is 11.3 Å². The summed E-state index contributed by atoms with van der Waals surface area (Å²) in [5.74, 6) is 0.683. The molecule has 0 fully saturated rings. The topological polar surface area (TPSA) is 46.3 Å². The highest BCUT2D eigenvalue weighted by molar-refractivity contribution is 6.30. The van der Waals surface area contributed by atoms with E-state index in [0.717, 1.165) is 29.0 Å². The van der Waals surface area contributed by atoms with Crippen molar-refractivity contribution in [2.75, 3.05) is 6.54 Å². The van der Waals surface area contributed by atoms with Crippen LogP contribution in [0.3, 0.4) is 0 Å². The molecule has 0 aliphatic carbocycles. The van der Waals surface area contributed by atoms with Gasteiger partial charge in [0.2, 0.25) is 0 Å². The van der Waals surface area contributed by atoms with Gasteiger partial charge in [0.25, 0.3) is 5.91 Å². The number of halogens is 1. The number of carbonyl (C=O) groups is 1. The Morgan fingerprint density at radius 3 is 2.52 bits per heavy atom. The molecule has 0 spiro atoms. The minimum atomic E-state index is -0.0374. The van der Waals surface area contributed by atoms with Gasteiger partial charge in [0.1, 0.15) is 5.69 Å². The predicted octanol–water partition coefficient (Wildman–Crippen LogP) is 5.66. The summed E-state index contributed by atoms with van der Waals surface area (Å²) < 4.78 is 5.55. The molecule has 0 aliphatic heterocycles. The first kappa shape index (κ1) is 19.2. The fraction of sp³-hybridized carbons (Fsp3) is 0.273. The number of carbonyl (C=O) groups excluding carboxylic acids is 1. The minimum absolute atomic E-state index is 0.0374. The number of benzene rings is 2. The van der Waals surface area contributed by atoms with Crippen LogP contribution in [0, 0.1) is 13.8 Å². The zero-order valence-electron chi connectivity index (χ0n) is 15.8. The summed E-state index contributed by atoms with van der Waals surface area (Å²) in [4.78, 5) is 14.6. The Labute approximate surface area is 164 Å². The lowest BCUT2D eigenvalue weighted by Crippen LogP contribution is -2.31. The van der Waals surface area contributed by atoms with Crippen LogP contribution in [0.4, 0.5) is 0 Å². The molecule has 3 rings (SSSR count). The van der Waals surface area contributed by atoms with Crippen LogP contribution in [0.2, 0.25) is 5.02 Å². The first-order chi connectivity index (χ1) is 13.0. The maximum Gasteiger partial charge on any atom is 0.254 e. The molecule has 140 valence electrons. The molecule has 0 atom stereocenters. The second-order valence-electron chi connectivity index (χ2n) is 6.73.